The molecule has 0 spiro atoms. The molecule has 0 unspecified atom stereocenters. The van der Waals surface area contributed by atoms with Crippen molar-refractivity contribution in [1.29, 1.82) is 0 Å². The first-order valence-corrected chi connectivity index (χ1v) is 16.1. The van der Waals surface area contributed by atoms with Crippen molar-refractivity contribution in [2.75, 3.05) is 0 Å². The van der Waals surface area contributed by atoms with Crippen LogP contribution in [0.25, 0.3) is 28.1 Å². The zero-order valence-corrected chi connectivity index (χ0v) is 25.5. The summed E-state index contributed by atoms with van der Waals surface area (Å²) in [6.07, 6.45) is 0. The molecular formula is C33H25N7O6S. The fourth-order valence-corrected chi connectivity index (χ4v) is 7.84. The molecule has 1 N–H and O–H groups in total. The summed E-state index contributed by atoms with van der Waals surface area (Å²) in [6.45, 7) is 1.56. The molecule has 1 aliphatic rings. The Labute approximate surface area is 265 Å². The summed E-state index contributed by atoms with van der Waals surface area (Å²) in [5.74, 6) is -0.139. The normalized spacial score (nSPS) is 14.3. The van der Waals surface area contributed by atoms with Crippen molar-refractivity contribution in [2.24, 2.45) is 0 Å². The lowest BCUT2D eigenvalue weighted by molar-refractivity contribution is 0.365. The number of fused-ring (bicyclic) bond motifs is 5. The number of aromatic amines is 1. The van der Waals surface area contributed by atoms with Gasteiger partial charge in [0.2, 0.25) is 0 Å². The number of nitrogens with zero attached hydrogens (tertiary/aromatic N) is 6. The molecular weight excluding hydrogens is 622 g/mol. The molecule has 47 heavy (non-hydrogen) atoms. The highest BCUT2D eigenvalue weighted by Gasteiger charge is 2.40. The van der Waals surface area contributed by atoms with Gasteiger partial charge in [-0.05, 0) is 49.4 Å². The van der Waals surface area contributed by atoms with Crippen LogP contribution in [0.3, 0.4) is 0 Å². The lowest BCUT2D eigenvalue weighted by Gasteiger charge is -2.26. The van der Waals surface area contributed by atoms with E-state index >= 15 is 0 Å². The molecule has 0 amide bonds. The minimum Gasteiger partial charge on any atom is -0.246 e. The molecule has 0 radical (unpaired) electrons. The number of H-pyrrole nitrogens is 1. The van der Waals surface area contributed by atoms with E-state index in [4.69, 9.17) is 0 Å². The van der Waals surface area contributed by atoms with Gasteiger partial charge in [-0.25, -0.2) is 55.2 Å². The highest BCUT2D eigenvalue weighted by molar-refractivity contribution is 7.90. The van der Waals surface area contributed by atoms with Crippen molar-refractivity contribution < 1.29 is 8.42 Å². The molecule has 1 atom stereocenters. The number of para-hydroxylation sites is 3. The van der Waals surface area contributed by atoms with Crippen LogP contribution < -0.4 is 22.8 Å². The third-order valence-corrected chi connectivity index (χ3v) is 10.2. The third-order valence-electron chi connectivity index (χ3n) is 8.47. The Bertz CT molecular complexity index is 2710. The first kappa shape index (κ1) is 28.3. The molecule has 234 valence electrons. The molecule has 0 fully saturated rings. The topological polar surface area (TPSA) is 148 Å². The second-order valence-corrected chi connectivity index (χ2v) is 13.0. The van der Waals surface area contributed by atoms with Crippen LogP contribution in [0.5, 0.6) is 0 Å². The fraction of sp³-hybridized carbons (Fsp3) is 0.0909. The van der Waals surface area contributed by atoms with Gasteiger partial charge in [-0.15, -0.1) is 0 Å². The molecule has 3 aromatic heterocycles. The van der Waals surface area contributed by atoms with Crippen molar-refractivity contribution in [1.82, 2.24) is 32.3 Å². The molecule has 4 aromatic carbocycles. The van der Waals surface area contributed by atoms with Gasteiger partial charge in [0.1, 0.15) is 6.04 Å². The summed E-state index contributed by atoms with van der Waals surface area (Å²) in [6, 6.07) is 28.4. The molecule has 0 saturated heterocycles. The van der Waals surface area contributed by atoms with Crippen molar-refractivity contribution in [3.8, 4) is 17.2 Å². The van der Waals surface area contributed by atoms with E-state index in [9.17, 15) is 27.6 Å². The third kappa shape index (κ3) is 4.04. The Morgan fingerprint density at radius 3 is 1.94 bits per heavy atom. The second-order valence-electron chi connectivity index (χ2n) is 11.2. The Hall–Kier alpha value is -6.15. The van der Waals surface area contributed by atoms with Gasteiger partial charge in [-0.3, -0.25) is 0 Å². The van der Waals surface area contributed by atoms with Crippen LogP contribution >= 0.6 is 0 Å². The van der Waals surface area contributed by atoms with Gasteiger partial charge in [-0.2, -0.15) is 4.68 Å². The van der Waals surface area contributed by atoms with Crippen LogP contribution in [0.1, 0.15) is 17.2 Å². The van der Waals surface area contributed by atoms with Gasteiger partial charge >= 0.3 is 22.8 Å². The average Bonchev–Trinajstić information content (AvgIpc) is 3.67. The summed E-state index contributed by atoms with van der Waals surface area (Å²) in [7, 11) is -4.40. The summed E-state index contributed by atoms with van der Waals surface area (Å²) in [4.78, 5) is 55.5. The van der Waals surface area contributed by atoms with Gasteiger partial charge in [-0.1, -0.05) is 72.3 Å². The SMILES string of the molecule is Cc1ccc(S(=O)(=O)n2c3c(c4ccccc42)[C@@H](n2[nH]c(=O)n(-c4ccccc4)c2=O)Cn2c(=O)n(-c4ccccc4)c(=O)n2-3)cc1. The van der Waals surface area contributed by atoms with Gasteiger partial charge in [0, 0.05) is 10.9 Å². The van der Waals surface area contributed by atoms with Crippen molar-refractivity contribution in [3.63, 3.8) is 0 Å². The summed E-state index contributed by atoms with van der Waals surface area (Å²) < 4.78 is 35.3. The van der Waals surface area contributed by atoms with E-state index in [0.29, 0.717) is 11.1 Å². The second kappa shape index (κ2) is 10.2. The lowest BCUT2D eigenvalue weighted by atomic mass is 10.0. The van der Waals surface area contributed by atoms with Crippen molar-refractivity contribution >= 4 is 20.9 Å². The zero-order valence-electron chi connectivity index (χ0n) is 24.7. The van der Waals surface area contributed by atoms with Crippen LogP contribution in [-0.4, -0.2) is 40.7 Å². The quantitative estimate of drug-likeness (QED) is 0.304. The van der Waals surface area contributed by atoms with E-state index in [1.54, 1.807) is 97.1 Å². The predicted octanol–water partition coefficient (Wildman–Crippen LogP) is 2.53. The van der Waals surface area contributed by atoms with Crippen LogP contribution in [0.4, 0.5) is 0 Å². The number of aryl methyl sites for hydroxylation is 1. The molecule has 7 aromatic rings. The van der Waals surface area contributed by atoms with E-state index in [1.165, 1.54) is 12.1 Å². The Morgan fingerprint density at radius 1 is 0.681 bits per heavy atom. The number of benzene rings is 4. The van der Waals surface area contributed by atoms with Crippen molar-refractivity contribution in [2.45, 2.75) is 24.4 Å². The highest BCUT2D eigenvalue weighted by atomic mass is 32.2. The van der Waals surface area contributed by atoms with E-state index in [1.807, 2.05) is 6.92 Å². The highest BCUT2D eigenvalue weighted by Crippen LogP contribution is 2.39. The molecule has 0 saturated carbocycles. The average molecular weight is 648 g/mol. The largest absolute Gasteiger partial charge is 0.358 e. The Balaban J connectivity index is 1.51. The minimum atomic E-state index is -4.40. The van der Waals surface area contributed by atoms with Gasteiger partial charge < -0.3 is 0 Å². The molecule has 14 heteroatoms. The fourth-order valence-electron chi connectivity index (χ4n) is 6.33. The van der Waals surface area contributed by atoms with Gasteiger partial charge in [0.25, 0.3) is 10.0 Å². The van der Waals surface area contributed by atoms with E-state index < -0.39 is 38.8 Å². The molecule has 0 aliphatic carbocycles. The Morgan fingerprint density at radius 2 is 1.28 bits per heavy atom. The Kier molecular flexibility index (Phi) is 6.14. The van der Waals surface area contributed by atoms with E-state index in [2.05, 4.69) is 5.10 Å². The van der Waals surface area contributed by atoms with Gasteiger partial charge in [0.05, 0.1) is 28.3 Å². The monoisotopic (exact) mass is 647 g/mol. The number of hydrogen-bond acceptors (Lipinski definition) is 6. The molecule has 1 aliphatic heterocycles. The van der Waals surface area contributed by atoms with Crippen molar-refractivity contribution in [3.05, 3.63) is 162 Å². The number of aromatic nitrogens is 7. The van der Waals surface area contributed by atoms with Crippen LogP contribution in [0.2, 0.25) is 0 Å². The maximum absolute atomic E-state index is 14.6. The first-order valence-electron chi connectivity index (χ1n) is 14.6. The molecule has 8 rings (SSSR count). The van der Waals surface area contributed by atoms with Crippen LogP contribution in [0, 0.1) is 6.92 Å². The zero-order chi connectivity index (χ0) is 32.6. The standard InChI is InChI=1S/C33H25N7O6S/c1-21-16-18-24(19-17-21)47(45,46)40-26-15-9-8-14-25(26)28-27(38-32(43)36(30(41)34-38)22-10-4-2-5-11-22)20-35-31(42)37(23-12-6-3-7-13-23)33(44)39(35)29(28)40/h2-19,27H,20H2,1H3,(H,34,41)/t27-/m0/s1. The number of rotatable bonds is 5. The van der Waals surface area contributed by atoms with Crippen LogP contribution in [-0.2, 0) is 16.6 Å². The molecule has 4 heterocycles. The molecule has 13 nitrogen and oxygen atoms in total. The summed E-state index contributed by atoms with van der Waals surface area (Å²) in [5, 5.41) is 3.04. The first-order chi connectivity index (χ1) is 22.7. The number of hydrogen-bond donors (Lipinski definition) is 1. The number of nitrogens with one attached hydrogen (secondary N) is 1. The maximum atomic E-state index is 14.6. The van der Waals surface area contributed by atoms with E-state index in [0.717, 1.165) is 32.7 Å². The summed E-state index contributed by atoms with van der Waals surface area (Å²) in [5.41, 5.74) is -1.07. The van der Waals surface area contributed by atoms with E-state index in [-0.39, 0.29) is 34.0 Å². The minimum absolute atomic E-state index is 0.0426. The smallest absolute Gasteiger partial charge is 0.246 e. The summed E-state index contributed by atoms with van der Waals surface area (Å²) >= 11 is 0. The maximum Gasteiger partial charge on any atom is 0.358 e. The van der Waals surface area contributed by atoms with Gasteiger partial charge in [0.15, 0.2) is 5.82 Å². The lowest BCUT2D eigenvalue weighted by Crippen LogP contribution is -2.40. The van der Waals surface area contributed by atoms with Crippen LogP contribution in [0.15, 0.2) is 133 Å². The predicted molar refractivity (Wildman–Crippen MR) is 174 cm³/mol. The molecule has 0 bridgehead atoms.